The lowest BCUT2D eigenvalue weighted by molar-refractivity contribution is 0.100. The summed E-state index contributed by atoms with van der Waals surface area (Å²) in [7, 11) is 0. The van der Waals surface area contributed by atoms with Crippen molar-refractivity contribution < 1.29 is 9.18 Å². The average Bonchev–Trinajstić information content (AvgIpc) is 3.18. The molecule has 1 saturated heterocycles. The van der Waals surface area contributed by atoms with E-state index in [0.29, 0.717) is 35.2 Å². The Labute approximate surface area is 161 Å². The highest BCUT2D eigenvalue weighted by Crippen LogP contribution is 2.29. The zero-order valence-electron chi connectivity index (χ0n) is 15.0. The SMILES string of the molecule is N#Cc1ccc(N2CCC(Nc3c(C(N)=O)cnc4[nH]ccc34)[C@@H](F)C2)cc1. The van der Waals surface area contributed by atoms with E-state index >= 15 is 0 Å². The molecule has 8 heteroatoms. The number of aromatic amines is 1. The first-order valence-corrected chi connectivity index (χ1v) is 8.98. The predicted molar refractivity (Wildman–Crippen MR) is 105 cm³/mol. The first-order chi connectivity index (χ1) is 13.6. The van der Waals surface area contributed by atoms with Gasteiger partial charge in [-0.05, 0) is 36.8 Å². The summed E-state index contributed by atoms with van der Waals surface area (Å²) in [6.45, 7) is 0.869. The van der Waals surface area contributed by atoms with Crippen molar-refractivity contribution in [2.75, 3.05) is 23.3 Å². The van der Waals surface area contributed by atoms with Crippen molar-refractivity contribution in [3.8, 4) is 6.07 Å². The Kier molecular flexibility index (Phi) is 4.57. The number of nitrogens with one attached hydrogen (secondary N) is 2. The molecular weight excluding hydrogens is 359 g/mol. The van der Waals surface area contributed by atoms with Gasteiger partial charge >= 0.3 is 0 Å². The second kappa shape index (κ2) is 7.19. The van der Waals surface area contributed by atoms with Crippen LogP contribution in [0.15, 0.2) is 42.7 Å². The summed E-state index contributed by atoms with van der Waals surface area (Å²) in [5.41, 5.74) is 8.31. The molecule has 4 rings (SSSR count). The number of rotatable bonds is 4. The highest BCUT2D eigenvalue weighted by molar-refractivity contribution is 6.06. The first-order valence-electron chi connectivity index (χ1n) is 8.98. The van der Waals surface area contributed by atoms with Gasteiger partial charge in [0, 0.05) is 30.0 Å². The number of nitriles is 1. The number of halogens is 1. The number of carbonyl (C=O) groups excluding carboxylic acids is 1. The molecule has 1 aliphatic heterocycles. The molecule has 3 heterocycles. The molecular formula is C20H19FN6O. The van der Waals surface area contributed by atoms with E-state index in [0.717, 1.165) is 5.69 Å². The number of fused-ring (bicyclic) bond motifs is 1. The molecule has 0 saturated carbocycles. The fraction of sp³-hybridized carbons (Fsp3) is 0.250. The van der Waals surface area contributed by atoms with E-state index in [9.17, 15) is 9.18 Å². The van der Waals surface area contributed by atoms with Gasteiger partial charge in [0.2, 0.25) is 0 Å². The second-order valence-corrected chi connectivity index (χ2v) is 6.81. The standard InChI is InChI=1S/C20H19FN6O/c21-16-11-27(13-3-1-12(9-22)2-4-13)8-6-17(16)26-18-14-5-7-24-20(14)25-10-15(18)19(23)28/h1-5,7,10,16-17H,6,8,11H2,(H2,23,28)(H2,24,25,26)/t16-,17?/m0/s1. The summed E-state index contributed by atoms with van der Waals surface area (Å²) < 4.78 is 15.0. The number of nitrogens with zero attached hydrogens (tertiary/aromatic N) is 3. The summed E-state index contributed by atoms with van der Waals surface area (Å²) >= 11 is 0. The van der Waals surface area contributed by atoms with Gasteiger partial charge in [-0.2, -0.15) is 5.26 Å². The molecule has 1 aromatic carbocycles. The minimum atomic E-state index is -1.15. The van der Waals surface area contributed by atoms with Crippen molar-refractivity contribution >= 4 is 28.3 Å². The number of alkyl halides is 1. The minimum Gasteiger partial charge on any atom is -0.378 e. The molecule has 1 fully saturated rings. The normalized spacial score (nSPS) is 19.4. The Morgan fingerprint density at radius 2 is 2.14 bits per heavy atom. The number of benzene rings is 1. The highest BCUT2D eigenvalue weighted by Gasteiger charge is 2.30. The van der Waals surface area contributed by atoms with Crippen molar-refractivity contribution in [3.63, 3.8) is 0 Å². The van der Waals surface area contributed by atoms with Crippen molar-refractivity contribution in [3.05, 3.63) is 53.9 Å². The van der Waals surface area contributed by atoms with Crippen molar-refractivity contribution in [1.82, 2.24) is 9.97 Å². The van der Waals surface area contributed by atoms with E-state index in [2.05, 4.69) is 21.4 Å². The smallest absolute Gasteiger partial charge is 0.252 e. The molecule has 3 aromatic rings. The second-order valence-electron chi connectivity index (χ2n) is 6.81. The third-order valence-electron chi connectivity index (χ3n) is 5.08. The van der Waals surface area contributed by atoms with Crippen LogP contribution in [0.25, 0.3) is 11.0 Å². The first kappa shape index (κ1) is 17.8. The zero-order chi connectivity index (χ0) is 19.7. The van der Waals surface area contributed by atoms with Gasteiger partial charge in [0.15, 0.2) is 0 Å². The van der Waals surface area contributed by atoms with Crippen LogP contribution >= 0.6 is 0 Å². The highest BCUT2D eigenvalue weighted by atomic mass is 19.1. The Morgan fingerprint density at radius 1 is 1.36 bits per heavy atom. The molecule has 1 aliphatic rings. The van der Waals surface area contributed by atoms with Gasteiger partial charge in [0.05, 0.1) is 35.5 Å². The van der Waals surface area contributed by atoms with Crippen LogP contribution in [0.3, 0.4) is 0 Å². The van der Waals surface area contributed by atoms with Gasteiger partial charge in [-0.15, -0.1) is 0 Å². The molecule has 142 valence electrons. The molecule has 0 bridgehead atoms. The average molecular weight is 378 g/mol. The number of primary amides is 1. The number of hydrogen-bond donors (Lipinski definition) is 3. The van der Waals surface area contributed by atoms with Crippen LogP contribution in [-0.4, -0.2) is 41.2 Å². The van der Waals surface area contributed by atoms with E-state index in [1.807, 2.05) is 17.0 Å². The van der Waals surface area contributed by atoms with Crippen molar-refractivity contribution in [1.29, 1.82) is 5.26 Å². The Morgan fingerprint density at radius 3 is 2.82 bits per heavy atom. The molecule has 0 spiro atoms. The lowest BCUT2D eigenvalue weighted by Crippen LogP contribution is -2.48. The minimum absolute atomic E-state index is 0.219. The van der Waals surface area contributed by atoms with E-state index in [1.165, 1.54) is 6.20 Å². The Hall–Kier alpha value is -3.60. The van der Waals surface area contributed by atoms with Crippen LogP contribution in [0.4, 0.5) is 15.8 Å². The monoisotopic (exact) mass is 378 g/mol. The number of nitrogens with two attached hydrogens (primary N) is 1. The van der Waals surface area contributed by atoms with Crippen LogP contribution < -0.4 is 16.0 Å². The van der Waals surface area contributed by atoms with Gasteiger partial charge < -0.3 is 20.9 Å². The summed E-state index contributed by atoms with van der Waals surface area (Å²) in [4.78, 5) is 20.9. The largest absolute Gasteiger partial charge is 0.378 e. The predicted octanol–water partition coefficient (Wildman–Crippen LogP) is 2.56. The van der Waals surface area contributed by atoms with E-state index < -0.39 is 18.1 Å². The lowest BCUT2D eigenvalue weighted by Gasteiger charge is -2.37. The lowest BCUT2D eigenvalue weighted by atomic mass is 10.0. The maximum atomic E-state index is 15.0. The van der Waals surface area contributed by atoms with Crippen LogP contribution in [0, 0.1) is 11.3 Å². The van der Waals surface area contributed by atoms with Crippen LogP contribution in [0.1, 0.15) is 22.3 Å². The summed E-state index contributed by atoms with van der Waals surface area (Å²) in [5.74, 6) is -0.608. The maximum Gasteiger partial charge on any atom is 0.252 e. The summed E-state index contributed by atoms with van der Waals surface area (Å²) in [6, 6.07) is 10.5. The summed E-state index contributed by atoms with van der Waals surface area (Å²) in [6.07, 6.45) is 2.52. The van der Waals surface area contributed by atoms with Gasteiger partial charge in [-0.3, -0.25) is 4.79 Å². The number of anilines is 2. The molecule has 2 atom stereocenters. The topological polar surface area (TPSA) is 111 Å². The third kappa shape index (κ3) is 3.22. The number of H-pyrrole nitrogens is 1. The number of aromatic nitrogens is 2. The van der Waals surface area contributed by atoms with Crippen molar-refractivity contribution in [2.24, 2.45) is 5.73 Å². The van der Waals surface area contributed by atoms with Gasteiger partial charge in [-0.1, -0.05) is 0 Å². The number of carbonyl (C=O) groups is 1. The number of amides is 1. The Balaban J connectivity index is 1.54. The van der Waals surface area contributed by atoms with Crippen molar-refractivity contribution in [2.45, 2.75) is 18.6 Å². The van der Waals surface area contributed by atoms with Crippen LogP contribution in [-0.2, 0) is 0 Å². The molecule has 4 N–H and O–H groups in total. The fourth-order valence-corrected chi connectivity index (χ4v) is 3.58. The molecule has 7 nitrogen and oxygen atoms in total. The van der Waals surface area contributed by atoms with Gasteiger partial charge in [0.25, 0.3) is 5.91 Å². The van der Waals surface area contributed by atoms with E-state index in [4.69, 9.17) is 11.0 Å². The molecule has 1 amide bonds. The van der Waals surface area contributed by atoms with Gasteiger partial charge in [0.1, 0.15) is 11.8 Å². The van der Waals surface area contributed by atoms with E-state index in [1.54, 1.807) is 24.4 Å². The fourth-order valence-electron chi connectivity index (χ4n) is 3.58. The van der Waals surface area contributed by atoms with Gasteiger partial charge in [-0.25, -0.2) is 9.37 Å². The maximum absolute atomic E-state index is 15.0. The molecule has 1 unspecified atom stereocenters. The van der Waals surface area contributed by atoms with Crippen LogP contribution in [0.5, 0.6) is 0 Å². The molecule has 2 aromatic heterocycles. The quantitative estimate of drug-likeness (QED) is 0.646. The number of piperidine rings is 1. The number of pyridine rings is 1. The number of hydrogen-bond acceptors (Lipinski definition) is 5. The van der Waals surface area contributed by atoms with E-state index in [-0.39, 0.29) is 12.1 Å². The Bertz CT molecular complexity index is 1050. The molecule has 0 radical (unpaired) electrons. The van der Waals surface area contributed by atoms with Crippen LogP contribution in [0.2, 0.25) is 0 Å². The molecule has 0 aliphatic carbocycles. The molecule has 28 heavy (non-hydrogen) atoms. The third-order valence-corrected chi connectivity index (χ3v) is 5.08. The summed E-state index contributed by atoms with van der Waals surface area (Å²) in [5, 5.41) is 12.8. The zero-order valence-corrected chi connectivity index (χ0v) is 15.0.